The number of hydrogen-bond acceptors (Lipinski definition) is 5. The fourth-order valence-electron chi connectivity index (χ4n) is 1.57. The normalized spacial score (nSPS) is 20.0. The van der Waals surface area contributed by atoms with E-state index in [0.717, 1.165) is 17.1 Å². The van der Waals surface area contributed by atoms with Crippen LogP contribution in [0.1, 0.15) is 12.8 Å². The average Bonchev–Trinajstić information content (AvgIpc) is 2.77. The summed E-state index contributed by atoms with van der Waals surface area (Å²) in [5, 5.41) is 0.693. The first-order valence-electron chi connectivity index (χ1n) is 5.12. The molecule has 17 heavy (non-hydrogen) atoms. The zero-order valence-electron chi connectivity index (χ0n) is 8.92. The van der Waals surface area contributed by atoms with Gasteiger partial charge in [0, 0.05) is 25.0 Å². The molecular weight excluding hydrogens is 228 g/mol. The molecule has 0 aromatic heterocycles. The molecule has 0 aromatic carbocycles. The lowest BCUT2D eigenvalue weighted by Crippen LogP contribution is -2.37. The van der Waals surface area contributed by atoms with E-state index >= 15 is 0 Å². The Kier molecular flexibility index (Phi) is 3.01. The third-order valence-electron chi connectivity index (χ3n) is 2.44. The molecule has 1 saturated heterocycles. The number of nitrogens with zero attached hydrogens (tertiary/aromatic N) is 2. The van der Waals surface area contributed by atoms with Crippen molar-refractivity contribution in [2.45, 2.75) is 12.8 Å². The fourth-order valence-corrected chi connectivity index (χ4v) is 1.57. The number of hydrogen-bond donors (Lipinski definition) is 0. The van der Waals surface area contributed by atoms with Crippen molar-refractivity contribution >= 4 is 23.6 Å². The van der Waals surface area contributed by atoms with Crippen LogP contribution in [-0.4, -0.2) is 46.7 Å². The van der Waals surface area contributed by atoms with E-state index in [-0.39, 0.29) is 26.0 Å². The fraction of sp³-hybridized carbons (Fsp3) is 0.400. The number of imide groups is 2. The van der Waals surface area contributed by atoms with E-state index in [2.05, 4.69) is 0 Å². The van der Waals surface area contributed by atoms with Crippen molar-refractivity contribution in [2.75, 3.05) is 13.2 Å². The molecule has 0 unspecified atom stereocenters. The molecule has 0 N–H and O–H groups in total. The summed E-state index contributed by atoms with van der Waals surface area (Å²) in [5.74, 6) is -1.63. The molecule has 1 fully saturated rings. The lowest BCUT2D eigenvalue weighted by atomic mass is 10.4. The topological polar surface area (TPSA) is 84.0 Å². The number of carbonyl (C=O) groups is 4. The highest BCUT2D eigenvalue weighted by molar-refractivity contribution is 6.12. The third kappa shape index (κ3) is 2.23. The van der Waals surface area contributed by atoms with Crippen molar-refractivity contribution in [3.63, 3.8) is 0 Å². The first-order chi connectivity index (χ1) is 8.09. The second-order valence-electron chi connectivity index (χ2n) is 3.58. The van der Waals surface area contributed by atoms with Crippen LogP contribution in [0.15, 0.2) is 12.2 Å². The Balaban J connectivity index is 1.80. The molecule has 2 aliphatic rings. The van der Waals surface area contributed by atoms with Crippen LogP contribution in [-0.2, 0) is 24.0 Å². The molecule has 0 bridgehead atoms. The average molecular weight is 238 g/mol. The summed E-state index contributed by atoms with van der Waals surface area (Å²) in [6.45, 7) is -0.0572. The number of hydroxylamine groups is 2. The molecule has 0 saturated carbocycles. The smallest absolute Gasteiger partial charge is 0.253 e. The number of amides is 4. The Labute approximate surface area is 96.6 Å². The molecule has 0 aliphatic carbocycles. The van der Waals surface area contributed by atoms with Gasteiger partial charge in [0.25, 0.3) is 23.6 Å². The highest BCUT2D eigenvalue weighted by Crippen LogP contribution is 2.12. The van der Waals surface area contributed by atoms with Gasteiger partial charge in [-0.25, -0.2) is 0 Å². The van der Waals surface area contributed by atoms with E-state index in [1.807, 2.05) is 0 Å². The van der Waals surface area contributed by atoms with E-state index in [9.17, 15) is 19.2 Å². The minimum absolute atomic E-state index is 0.0156. The van der Waals surface area contributed by atoms with E-state index in [1.54, 1.807) is 0 Å². The summed E-state index contributed by atoms with van der Waals surface area (Å²) in [5.41, 5.74) is 0. The maximum Gasteiger partial charge on any atom is 0.253 e. The SMILES string of the molecule is O=C1C=CC(=O)N1CCON1C(=O)CCC1=O. The predicted molar refractivity (Wildman–Crippen MR) is 52.9 cm³/mol. The van der Waals surface area contributed by atoms with Crippen LogP contribution in [0.25, 0.3) is 0 Å². The summed E-state index contributed by atoms with van der Waals surface area (Å²) in [6.07, 6.45) is 2.60. The van der Waals surface area contributed by atoms with Gasteiger partial charge in [0.1, 0.15) is 0 Å². The molecule has 2 heterocycles. The van der Waals surface area contributed by atoms with Gasteiger partial charge in [-0.15, -0.1) is 0 Å². The summed E-state index contributed by atoms with van der Waals surface area (Å²) in [4.78, 5) is 50.6. The Morgan fingerprint density at radius 3 is 2.06 bits per heavy atom. The van der Waals surface area contributed by atoms with Gasteiger partial charge in [0.05, 0.1) is 13.2 Å². The molecule has 0 radical (unpaired) electrons. The van der Waals surface area contributed by atoms with Gasteiger partial charge in [-0.05, 0) is 0 Å². The van der Waals surface area contributed by atoms with Gasteiger partial charge in [-0.3, -0.25) is 28.9 Å². The highest BCUT2D eigenvalue weighted by Gasteiger charge is 2.31. The summed E-state index contributed by atoms with van der Waals surface area (Å²) >= 11 is 0. The lowest BCUT2D eigenvalue weighted by Gasteiger charge is -2.16. The first-order valence-corrected chi connectivity index (χ1v) is 5.12. The van der Waals surface area contributed by atoms with Gasteiger partial charge in [-0.2, -0.15) is 5.06 Å². The summed E-state index contributed by atoms with van der Waals surface area (Å²) < 4.78 is 0. The quantitative estimate of drug-likeness (QED) is 0.586. The number of carbonyl (C=O) groups excluding carboxylic acids is 4. The molecular formula is C10H10N2O5. The zero-order valence-corrected chi connectivity index (χ0v) is 8.92. The number of rotatable bonds is 4. The Morgan fingerprint density at radius 1 is 1.00 bits per heavy atom. The van der Waals surface area contributed by atoms with Crippen LogP contribution >= 0.6 is 0 Å². The molecule has 90 valence electrons. The van der Waals surface area contributed by atoms with Crippen LogP contribution in [0.2, 0.25) is 0 Å². The Hall–Kier alpha value is -2.02. The van der Waals surface area contributed by atoms with Crippen LogP contribution in [0.4, 0.5) is 0 Å². The van der Waals surface area contributed by atoms with Crippen LogP contribution < -0.4 is 0 Å². The molecule has 0 aromatic rings. The third-order valence-corrected chi connectivity index (χ3v) is 2.44. The molecule has 0 atom stereocenters. The van der Waals surface area contributed by atoms with E-state index in [4.69, 9.17) is 4.84 Å². The van der Waals surface area contributed by atoms with Crippen molar-refractivity contribution < 1.29 is 24.0 Å². The maximum absolute atomic E-state index is 11.2. The molecule has 7 heteroatoms. The van der Waals surface area contributed by atoms with Gasteiger partial charge >= 0.3 is 0 Å². The zero-order chi connectivity index (χ0) is 12.4. The first kappa shape index (κ1) is 11.5. The predicted octanol–water partition coefficient (Wildman–Crippen LogP) is -1.01. The van der Waals surface area contributed by atoms with Crippen molar-refractivity contribution in [1.82, 2.24) is 9.96 Å². The van der Waals surface area contributed by atoms with Gasteiger partial charge in [0.15, 0.2) is 0 Å². The van der Waals surface area contributed by atoms with Crippen molar-refractivity contribution in [1.29, 1.82) is 0 Å². The summed E-state index contributed by atoms with van der Waals surface area (Å²) in [7, 11) is 0. The van der Waals surface area contributed by atoms with Crippen LogP contribution in [0, 0.1) is 0 Å². The van der Waals surface area contributed by atoms with Crippen LogP contribution in [0.3, 0.4) is 0 Å². The van der Waals surface area contributed by atoms with Gasteiger partial charge in [0.2, 0.25) is 0 Å². The second kappa shape index (κ2) is 4.46. The Morgan fingerprint density at radius 2 is 1.53 bits per heavy atom. The summed E-state index contributed by atoms with van der Waals surface area (Å²) in [6, 6.07) is 0. The monoisotopic (exact) mass is 238 g/mol. The molecule has 2 aliphatic heterocycles. The van der Waals surface area contributed by atoms with Gasteiger partial charge < -0.3 is 0 Å². The van der Waals surface area contributed by atoms with Gasteiger partial charge in [-0.1, -0.05) is 0 Å². The minimum Gasteiger partial charge on any atom is -0.273 e. The highest BCUT2D eigenvalue weighted by atomic mass is 16.7. The maximum atomic E-state index is 11.2. The molecule has 7 nitrogen and oxygen atoms in total. The second-order valence-corrected chi connectivity index (χ2v) is 3.58. The van der Waals surface area contributed by atoms with E-state index < -0.39 is 23.6 Å². The lowest BCUT2D eigenvalue weighted by molar-refractivity contribution is -0.188. The largest absolute Gasteiger partial charge is 0.273 e. The molecule has 4 amide bonds. The molecule has 0 spiro atoms. The van der Waals surface area contributed by atoms with E-state index in [1.165, 1.54) is 0 Å². The van der Waals surface area contributed by atoms with Crippen molar-refractivity contribution in [3.8, 4) is 0 Å². The van der Waals surface area contributed by atoms with Crippen LogP contribution in [0.5, 0.6) is 0 Å². The van der Waals surface area contributed by atoms with Crippen molar-refractivity contribution in [3.05, 3.63) is 12.2 Å². The Bertz CT molecular complexity index is 392. The molecule has 2 rings (SSSR count). The minimum atomic E-state index is -0.419. The van der Waals surface area contributed by atoms with Crippen molar-refractivity contribution in [2.24, 2.45) is 0 Å². The standard InChI is InChI=1S/C10H10N2O5/c13-7-1-2-8(14)11(7)5-6-17-12-9(15)3-4-10(12)16/h1-2H,3-6H2. The van der Waals surface area contributed by atoms with E-state index in [0.29, 0.717) is 5.06 Å².